The Labute approximate surface area is 139 Å². The number of carbonyl (C=O) groups is 2. The Bertz CT molecular complexity index is 737. The molecule has 0 bridgehead atoms. The quantitative estimate of drug-likeness (QED) is 0.844. The molecule has 2 aromatic rings. The number of hydrogen-bond acceptors (Lipinski definition) is 5. The molecule has 7 heteroatoms. The van der Waals surface area contributed by atoms with Gasteiger partial charge in [0.05, 0.1) is 11.5 Å². The molecule has 1 aromatic carbocycles. The van der Waals surface area contributed by atoms with E-state index in [1.807, 2.05) is 30.3 Å². The average Bonchev–Trinajstić information content (AvgIpc) is 3.01. The van der Waals surface area contributed by atoms with Gasteiger partial charge >= 0.3 is 5.97 Å². The van der Waals surface area contributed by atoms with E-state index in [-0.39, 0.29) is 12.3 Å². The number of aliphatic carboxylic acids is 1. The lowest BCUT2D eigenvalue weighted by Gasteiger charge is -2.37. The average molecular weight is 329 g/mol. The third-order valence-corrected chi connectivity index (χ3v) is 4.49. The van der Waals surface area contributed by atoms with E-state index in [0.29, 0.717) is 24.6 Å². The van der Waals surface area contributed by atoms with E-state index in [9.17, 15) is 14.7 Å². The van der Waals surface area contributed by atoms with Crippen LogP contribution in [0.25, 0.3) is 11.5 Å². The van der Waals surface area contributed by atoms with Crippen LogP contribution in [-0.4, -0.2) is 27.1 Å². The molecule has 0 radical (unpaired) electrons. The lowest BCUT2D eigenvalue weighted by atomic mass is 9.66. The molecule has 3 rings (SSSR count). The fourth-order valence-corrected chi connectivity index (χ4v) is 2.84. The van der Waals surface area contributed by atoms with Gasteiger partial charge in [-0.2, -0.15) is 4.98 Å². The summed E-state index contributed by atoms with van der Waals surface area (Å²) in [5.74, 6) is -0.467. The molecular weight excluding hydrogens is 310 g/mol. The van der Waals surface area contributed by atoms with Gasteiger partial charge in [0.2, 0.25) is 5.91 Å². The number of carboxylic acids is 1. The van der Waals surface area contributed by atoms with Gasteiger partial charge in [-0.1, -0.05) is 29.8 Å². The zero-order valence-electron chi connectivity index (χ0n) is 13.4. The van der Waals surface area contributed by atoms with Crippen molar-refractivity contribution in [1.82, 2.24) is 15.5 Å². The van der Waals surface area contributed by atoms with Crippen molar-refractivity contribution < 1.29 is 19.2 Å². The number of aromatic nitrogens is 2. The summed E-state index contributed by atoms with van der Waals surface area (Å²) in [7, 11) is 0. The smallest absolute Gasteiger partial charge is 0.310 e. The maximum absolute atomic E-state index is 12.2. The molecule has 0 aliphatic heterocycles. The first kappa shape index (κ1) is 16.2. The topological polar surface area (TPSA) is 105 Å². The number of rotatable bonds is 6. The van der Waals surface area contributed by atoms with E-state index in [2.05, 4.69) is 15.5 Å². The molecule has 0 spiro atoms. The second-order valence-corrected chi connectivity index (χ2v) is 6.23. The molecule has 1 aliphatic rings. The van der Waals surface area contributed by atoms with E-state index in [0.717, 1.165) is 12.0 Å². The normalized spacial score (nSPS) is 16.9. The highest BCUT2D eigenvalue weighted by molar-refractivity contribution is 5.85. The number of carboxylic acid groups (broad SMARTS) is 1. The van der Waals surface area contributed by atoms with Crippen molar-refractivity contribution in [1.29, 1.82) is 0 Å². The van der Waals surface area contributed by atoms with Crippen molar-refractivity contribution >= 4 is 11.9 Å². The molecule has 1 aliphatic carbocycles. The second-order valence-electron chi connectivity index (χ2n) is 6.23. The van der Waals surface area contributed by atoms with Crippen LogP contribution in [0.2, 0.25) is 0 Å². The molecular formula is C17H19N3O4. The van der Waals surface area contributed by atoms with Gasteiger partial charge in [-0.3, -0.25) is 9.59 Å². The highest BCUT2D eigenvalue weighted by Crippen LogP contribution is 2.44. The van der Waals surface area contributed by atoms with Crippen molar-refractivity contribution in [3.8, 4) is 11.5 Å². The van der Waals surface area contributed by atoms with Gasteiger partial charge < -0.3 is 14.9 Å². The third kappa shape index (κ3) is 3.15. The molecule has 2 N–H and O–H groups in total. The van der Waals surface area contributed by atoms with Crippen molar-refractivity contribution in [2.75, 3.05) is 0 Å². The van der Waals surface area contributed by atoms with E-state index in [1.54, 1.807) is 6.92 Å². The largest absolute Gasteiger partial charge is 0.481 e. The lowest BCUT2D eigenvalue weighted by Crippen LogP contribution is -2.43. The van der Waals surface area contributed by atoms with E-state index >= 15 is 0 Å². The summed E-state index contributed by atoms with van der Waals surface area (Å²) in [5.41, 5.74) is -0.106. The summed E-state index contributed by atoms with van der Waals surface area (Å²) >= 11 is 0. The number of nitrogens with one attached hydrogen (secondary N) is 1. The summed E-state index contributed by atoms with van der Waals surface area (Å²) in [6, 6.07) is 8.89. The van der Waals surface area contributed by atoms with Crippen LogP contribution in [0.15, 0.2) is 34.9 Å². The summed E-state index contributed by atoms with van der Waals surface area (Å²) in [5, 5.41) is 15.9. The summed E-state index contributed by atoms with van der Waals surface area (Å²) in [4.78, 5) is 27.8. The lowest BCUT2D eigenvalue weighted by molar-refractivity contribution is -0.157. The van der Waals surface area contributed by atoms with Gasteiger partial charge in [-0.05, 0) is 31.9 Å². The van der Waals surface area contributed by atoms with Crippen molar-refractivity contribution in [2.45, 2.75) is 38.6 Å². The zero-order chi connectivity index (χ0) is 17.2. The Balaban J connectivity index is 1.63. The first-order chi connectivity index (χ1) is 11.5. The van der Waals surface area contributed by atoms with E-state index < -0.39 is 17.4 Å². The predicted octanol–water partition coefficient (Wildman–Crippen LogP) is 2.56. The number of amides is 1. The van der Waals surface area contributed by atoms with Crippen LogP contribution in [0.4, 0.5) is 0 Å². The molecule has 1 atom stereocenters. The molecule has 1 fully saturated rings. The maximum atomic E-state index is 12.2. The first-order valence-corrected chi connectivity index (χ1v) is 7.92. The van der Waals surface area contributed by atoms with Crippen LogP contribution < -0.4 is 5.32 Å². The van der Waals surface area contributed by atoms with Gasteiger partial charge in [0.25, 0.3) is 5.89 Å². The number of nitrogens with zero attached hydrogens (tertiary/aromatic N) is 2. The highest BCUT2D eigenvalue weighted by atomic mass is 16.5. The van der Waals surface area contributed by atoms with Crippen molar-refractivity contribution in [3.63, 3.8) is 0 Å². The van der Waals surface area contributed by atoms with Gasteiger partial charge in [0.1, 0.15) is 0 Å². The standard InChI is InChI=1S/C17H19N3O4/c1-11(18-13(21)10-17(16(22)23)8-5-9-17)14-19-15(24-20-14)12-6-3-2-4-7-12/h2-4,6-7,11H,5,8-10H2,1H3,(H,18,21)(H,22,23). The Morgan fingerprint density at radius 1 is 1.33 bits per heavy atom. The molecule has 1 saturated carbocycles. The van der Waals surface area contributed by atoms with Gasteiger partial charge in [-0.25, -0.2) is 0 Å². The maximum Gasteiger partial charge on any atom is 0.310 e. The van der Waals surface area contributed by atoms with Crippen LogP contribution >= 0.6 is 0 Å². The van der Waals surface area contributed by atoms with Gasteiger partial charge in [0, 0.05) is 12.0 Å². The fraction of sp³-hybridized carbons (Fsp3) is 0.412. The third-order valence-electron chi connectivity index (χ3n) is 4.49. The van der Waals surface area contributed by atoms with Crippen LogP contribution in [0.5, 0.6) is 0 Å². The van der Waals surface area contributed by atoms with Gasteiger partial charge in [-0.15, -0.1) is 0 Å². The first-order valence-electron chi connectivity index (χ1n) is 7.92. The number of carbonyl (C=O) groups excluding carboxylic acids is 1. The molecule has 1 unspecified atom stereocenters. The minimum absolute atomic E-state index is 0.0178. The summed E-state index contributed by atoms with van der Waals surface area (Å²) in [6.45, 7) is 1.74. The van der Waals surface area contributed by atoms with Crippen LogP contribution in [0, 0.1) is 5.41 Å². The molecule has 0 saturated heterocycles. The van der Waals surface area contributed by atoms with Crippen molar-refractivity contribution in [2.24, 2.45) is 5.41 Å². The molecule has 24 heavy (non-hydrogen) atoms. The van der Waals surface area contributed by atoms with Gasteiger partial charge in [0.15, 0.2) is 5.82 Å². The summed E-state index contributed by atoms with van der Waals surface area (Å²) < 4.78 is 5.22. The SMILES string of the molecule is CC(NC(=O)CC1(C(=O)O)CCC1)c1noc(-c2ccccc2)n1. The number of hydrogen-bond donors (Lipinski definition) is 2. The molecule has 126 valence electrons. The van der Waals surface area contributed by atoms with E-state index in [4.69, 9.17) is 4.52 Å². The minimum Gasteiger partial charge on any atom is -0.481 e. The Hall–Kier alpha value is -2.70. The predicted molar refractivity (Wildman–Crippen MR) is 84.8 cm³/mol. The van der Waals surface area contributed by atoms with Crippen LogP contribution in [-0.2, 0) is 9.59 Å². The second kappa shape index (κ2) is 6.43. The fourth-order valence-electron chi connectivity index (χ4n) is 2.84. The highest BCUT2D eigenvalue weighted by Gasteiger charge is 2.46. The van der Waals surface area contributed by atoms with Crippen LogP contribution in [0.1, 0.15) is 44.5 Å². The monoisotopic (exact) mass is 329 g/mol. The number of benzene rings is 1. The minimum atomic E-state index is -0.906. The Kier molecular flexibility index (Phi) is 4.33. The van der Waals surface area contributed by atoms with E-state index in [1.165, 1.54) is 0 Å². The summed E-state index contributed by atoms with van der Waals surface area (Å²) in [6.07, 6.45) is 1.92. The molecule has 7 nitrogen and oxygen atoms in total. The Morgan fingerprint density at radius 2 is 2.04 bits per heavy atom. The molecule has 1 heterocycles. The molecule has 1 aromatic heterocycles. The van der Waals surface area contributed by atoms with Crippen LogP contribution in [0.3, 0.4) is 0 Å². The Morgan fingerprint density at radius 3 is 2.62 bits per heavy atom. The van der Waals surface area contributed by atoms with Crippen molar-refractivity contribution in [3.05, 3.63) is 36.2 Å². The zero-order valence-corrected chi connectivity index (χ0v) is 13.4. The molecule has 1 amide bonds.